The quantitative estimate of drug-likeness (QED) is 0.851. The molecule has 3 heteroatoms. The van der Waals surface area contributed by atoms with Crippen molar-refractivity contribution >= 4 is 5.97 Å². The van der Waals surface area contributed by atoms with Crippen LogP contribution in [0.5, 0.6) is 5.75 Å². The van der Waals surface area contributed by atoms with Gasteiger partial charge in [-0.25, -0.2) is 0 Å². The minimum Gasteiger partial charge on any atom is -0.496 e. The van der Waals surface area contributed by atoms with Crippen LogP contribution in [-0.4, -0.2) is 18.2 Å². The van der Waals surface area contributed by atoms with Crippen LogP contribution in [0, 0.1) is 0 Å². The Hall–Kier alpha value is -1.51. The first-order chi connectivity index (χ1) is 7.47. The van der Waals surface area contributed by atoms with E-state index in [0.717, 1.165) is 16.9 Å². The molecule has 0 saturated heterocycles. The average Bonchev–Trinajstić information content (AvgIpc) is 2.26. The number of aliphatic carboxylic acids is 1. The van der Waals surface area contributed by atoms with Crippen LogP contribution in [0.25, 0.3) is 0 Å². The molecule has 1 aromatic carbocycles. The molecule has 0 aliphatic heterocycles. The van der Waals surface area contributed by atoms with Gasteiger partial charge in [-0.2, -0.15) is 0 Å². The van der Waals surface area contributed by atoms with Crippen LogP contribution in [0.15, 0.2) is 18.2 Å². The molecule has 16 heavy (non-hydrogen) atoms. The summed E-state index contributed by atoms with van der Waals surface area (Å²) in [5.74, 6) is -0.195. The van der Waals surface area contributed by atoms with Gasteiger partial charge in [-0.1, -0.05) is 26.0 Å². The maximum Gasteiger partial charge on any atom is 0.310 e. The van der Waals surface area contributed by atoms with Crippen LogP contribution in [0.4, 0.5) is 0 Å². The maximum absolute atomic E-state index is 10.9. The third-order valence-corrected chi connectivity index (χ3v) is 2.75. The predicted octanol–water partition coefficient (Wildman–Crippen LogP) is 3.01. The Kier molecular flexibility index (Phi) is 3.93. The summed E-state index contributed by atoms with van der Waals surface area (Å²) in [4.78, 5) is 10.9. The molecular formula is C13H18O3. The van der Waals surface area contributed by atoms with Gasteiger partial charge in [0.25, 0.3) is 0 Å². The fourth-order valence-corrected chi connectivity index (χ4v) is 1.62. The Morgan fingerprint density at radius 2 is 1.94 bits per heavy atom. The summed E-state index contributed by atoms with van der Waals surface area (Å²) >= 11 is 0. The molecule has 1 unspecified atom stereocenters. The van der Waals surface area contributed by atoms with Crippen molar-refractivity contribution in [1.82, 2.24) is 0 Å². The summed E-state index contributed by atoms with van der Waals surface area (Å²) in [6.45, 7) is 5.84. The zero-order valence-corrected chi connectivity index (χ0v) is 10.2. The van der Waals surface area contributed by atoms with Gasteiger partial charge in [0.1, 0.15) is 5.75 Å². The highest BCUT2D eigenvalue weighted by atomic mass is 16.5. The predicted molar refractivity (Wildman–Crippen MR) is 63.1 cm³/mol. The molecular weight excluding hydrogens is 204 g/mol. The monoisotopic (exact) mass is 222 g/mol. The van der Waals surface area contributed by atoms with Crippen molar-refractivity contribution in [3.05, 3.63) is 29.3 Å². The van der Waals surface area contributed by atoms with Crippen molar-refractivity contribution in [1.29, 1.82) is 0 Å². The number of benzene rings is 1. The Morgan fingerprint density at radius 1 is 1.31 bits per heavy atom. The molecule has 0 radical (unpaired) electrons. The average molecular weight is 222 g/mol. The van der Waals surface area contributed by atoms with Crippen molar-refractivity contribution in [2.24, 2.45) is 0 Å². The Bertz CT molecular complexity index is 383. The Balaban J connectivity index is 3.13. The van der Waals surface area contributed by atoms with Gasteiger partial charge in [-0.3, -0.25) is 4.79 Å². The van der Waals surface area contributed by atoms with Gasteiger partial charge in [0.05, 0.1) is 13.0 Å². The number of methoxy groups -OCH3 is 1. The first-order valence-electron chi connectivity index (χ1n) is 5.38. The fourth-order valence-electron chi connectivity index (χ4n) is 1.62. The summed E-state index contributed by atoms with van der Waals surface area (Å²) in [6, 6.07) is 5.61. The third kappa shape index (κ3) is 2.54. The summed E-state index contributed by atoms with van der Waals surface area (Å²) in [5.41, 5.74) is 1.87. The van der Waals surface area contributed by atoms with E-state index in [1.807, 2.05) is 18.2 Å². The van der Waals surface area contributed by atoms with Crippen molar-refractivity contribution in [2.45, 2.75) is 32.6 Å². The third-order valence-electron chi connectivity index (χ3n) is 2.75. The number of carboxylic acid groups (broad SMARTS) is 1. The first-order valence-corrected chi connectivity index (χ1v) is 5.38. The standard InChI is InChI=1S/C13H18O3/c1-8(2)11-6-5-10(7-12(11)16-4)9(3)13(14)15/h5-9H,1-4H3,(H,14,15). The lowest BCUT2D eigenvalue weighted by Gasteiger charge is -2.14. The molecule has 88 valence electrons. The molecule has 0 aromatic heterocycles. The molecule has 0 saturated carbocycles. The van der Waals surface area contributed by atoms with E-state index in [1.54, 1.807) is 14.0 Å². The first kappa shape index (κ1) is 12.6. The van der Waals surface area contributed by atoms with E-state index in [1.165, 1.54) is 0 Å². The Morgan fingerprint density at radius 3 is 2.38 bits per heavy atom. The van der Waals surface area contributed by atoms with Gasteiger partial charge in [0, 0.05) is 0 Å². The van der Waals surface area contributed by atoms with E-state index in [4.69, 9.17) is 9.84 Å². The highest BCUT2D eigenvalue weighted by molar-refractivity contribution is 5.75. The minimum absolute atomic E-state index is 0.365. The fraction of sp³-hybridized carbons (Fsp3) is 0.462. The molecule has 1 N–H and O–H groups in total. The van der Waals surface area contributed by atoms with Crippen molar-refractivity contribution < 1.29 is 14.6 Å². The number of ether oxygens (including phenoxy) is 1. The number of rotatable bonds is 4. The van der Waals surface area contributed by atoms with E-state index < -0.39 is 11.9 Å². The lowest BCUT2D eigenvalue weighted by atomic mass is 9.95. The lowest BCUT2D eigenvalue weighted by molar-refractivity contribution is -0.138. The zero-order valence-electron chi connectivity index (χ0n) is 10.2. The highest BCUT2D eigenvalue weighted by Gasteiger charge is 2.16. The lowest BCUT2D eigenvalue weighted by Crippen LogP contribution is -2.08. The van der Waals surface area contributed by atoms with Crippen LogP contribution in [0.1, 0.15) is 43.7 Å². The van der Waals surface area contributed by atoms with Crippen LogP contribution in [0.2, 0.25) is 0 Å². The molecule has 1 rings (SSSR count). The van der Waals surface area contributed by atoms with E-state index in [9.17, 15) is 4.79 Å². The highest BCUT2D eigenvalue weighted by Crippen LogP contribution is 2.29. The molecule has 0 amide bonds. The molecule has 3 nitrogen and oxygen atoms in total. The summed E-state index contributed by atoms with van der Waals surface area (Å²) < 4.78 is 5.28. The summed E-state index contributed by atoms with van der Waals surface area (Å²) in [5, 5.41) is 8.94. The summed E-state index contributed by atoms with van der Waals surface area (Å²) in [7, 11) is 1.61. The van der Waals surface area contributed by atoms with Crippen molar-refractivity contribution in [3.8, 4) is 5.75 Å². The van der Waals surface area contributed by atoms with E-state index in [-0.39, 0.29) is 0 Å². The van der Waals surface area contributed by atoms with Crippen LogP contribution >= 0.6 is 0 Å². The number of hydrogen-bond acceptors (Lipinski definition) is 2. The topological polar surface area (TPSA) is 46.5 Å². The summed E-state index contributed by atoms with van der Waals surface area (Å²) in [6.07, 6.45) is 0. The zero-order chi connectivity index (χ0) is 12.3. The van der Waals surface area contributed by atoms with Gasteiger partial charge >= 0.3 is 5.97 Å². The second-order valence-electron chi connectivity index (χ2n) is 4.22. The Labute approximate surface area is 96.1 Å². The molecule has 0 aliphatic rings. The molecule has 0 fully saturated rings. The molecule has 0 spiro atoms. The van der Waals surface area contributed by atoms with Crippen LogP contribution in [-0.2, 0) is 4.79 Å². The van der Waals surface area contributed by atoms with E-state index in [2.05, 4.69) is 13.8 Å². The second-order valence-corrected chi connectivity index (χ2v) is 4.22. The largest absolute Gasteiger partial charge is 0.496 e. The SMILES string of the molecule is COc1cc(C(C)C(=O)O)ccc1C(C)C. The van der Waals surface area contributed by atoms with Gasteiger partial charge in [-0.05, 0) is 30.0 Å². The normalized spacial score (nSPS) is 12.6. The molecule has 0 bridgehead atoms. The van der Waals surface area contributed by atoms with E-state index >= 15 is 0 Å². The smallest absolute Gasteiger partial charge is 0.310 e. The molecule has 1 atom stereocenters. The van der Waals surface area contributed by atoms with Crippen LogP contribution in [0.3, 0.4) is 0 Å². The minimum atomic E-state index is -0.820. The van der Waals surface area contributed by atoms with Gasteiger partial charge in [-0.15, -0.1) is 0 Å². The van der Waals surface area contributed by atoms with Crippen molar-refractivity contribution in [3.63, 3.8) is 0 Å². The molecule has 1 aromatic rings. The molecule has 0 aliphatic carbocycles. The molecule has 0 heterocycles. The number of carbonyl (C=O) groups is 1. The number of carboxylic acids is 1. The van der Waals surface area contributed by atoms with Gasteiger partial charge in [0.15, 0.2) is 0 Å². The second kappa shape index (κ2) is 5.01. The number of hydrogen-bond donors (Lipinski definition) is 1. The van der Waals surface area contributed by atoms with E-state index in [0.29, 0.717) is 5.92 Å². The van der Waals surface area contributed by atoms with Gasteiger partial charge in [0.2, 0.25) is 0 Å². The van der Waals surface area contributed by atoms with Gasteiger partial charge < -0.3 is 9.84 Å². The van der Waals surface area contributed by atoms with Crippen molar-refractivity contribution in [2.75, 3.05) is 7.11 Å². The van der Waals surface area contributed by atoms with Crippen LogP contribution < -0.4 is 4.74 Å². The maximum atomic E-state index is 10.9.